The summed E-state index contributed by atoms with van der Waals surface area (Å²) in [5, 5.41) is 0.664. The standard InChI is InChI=1S/C18H28N4O2S/c1-10(2)13(19)8-9-22(5)15(23)7-6-14-20-17(24)16-11(3)12(4)25-18(16)21-14/h10,13H,6-9,19H2,1-5H3,(H,20,21,24). The lowest BCUT2D eigenvalue weighted by atomic mass is 10.0. The van der Waals surface area contributed by atoms with Gasteiger partial charge in [0.2, 0.25) is 5.91 Å². The van der Waals surface area contributed by atoms with Crippen LogP contribution in [-0.4, -0.2) is 40.4 Å². The molecule has 1 unspecified atom stereocenters. The van der Waals surface area contributed by atoms with Crippen LogP contribution in [0.1, 0.15) is 43.0 Å². The lowest BCUT2D eigenvalue weighted by Crippen LogP contribution is -2.34. The number of hydrogen-bond donors (Lipinski definition) is 2. The summed E-state index contributed by atoms with van der Waals surface area (Å²) in [5.41, 5.74) is 6.89. The molecule has 2 aromatic heterocycles. The quantitative estimate of drug-likeness (QED) is 0.789. The normalized spacial score (nSPS) is 12.8. The van der Waals surface area contributed by atoms with Gasteiger partial charge in [0.15, 0.2) is 0 Å². The van der Waals surface area contributed by atoms with Crippen LogP contribution in [0.4, 0.5) is 0 Å². The largest absolute Gasteiger partial charge is 0.346 e. The molecule has 138 valence electrons. The molecular weight excluding hydrogens is 336 g/mol. The van der Waals surface area contributed by atoms with Gasteiger partial charge in [-0.15, -0.1) is 11.3 Å². The highest BCUT2D eigenvalue weighted by molar-refractivity contribution is 7.18. The van der Waals surface area contributed by atoms with Crippen molar-refractivity contribution in [2.45, 2.75) is 53.0 Å². The van der Waals surface area contributed by atoms with Crippen molar-refractivity contribution >= 4 is 27.5 Å². The van der Waals surface area contributed by atoms with Crippen LogP contribution >= 0.6 is 11.3 Å². The number of rotatable bonds is 7. The molecule has 1 atom stereocenters. The Bertz CT molecular complexity index is 809. The molecule has 0 spiro atoms. The maximum atomic E-state index is 12.3. The second-order valence-electron chi connectivity index (χ2n) is 6.99. The molecule has 7 heteroatoms. The van der Waals surface area contributed by atoms with Gasteiger partial charge in [0.05, 0.1) is 5.39 Å². The number of hydrogen-bond acceptors (Lipinski definition) is 5. The van der Waals surface area contributed by atoms with Gasteiger partial charge in [0.25, 0.3) is 5.56 Å². The third-order valence-corrected chi connectivity index (χ3v) is 5.84. The molecule has 0 radical (unpaired) electrons. The summed E-state index contributed by atoms with van der Waals surface area (Å²) in [6.45, 7) is 8.73. The molecule has 0 aliphatic heterocycles. The number of fused-ring (bicyclic) bond motifs is 1. The summed E-state index contributed by atoms with van der Waals surface area (Å²) >= 11 is 1.52. The van der Waals surface area contributed by atoms with Crippen LogP contribution in [0, 0.1) is 19.8 Å². The summed E-state index contributed by atoms with van der Waals surface area (Å²) in [6, 6.07) is 0.0981. The predicted molar refractivity (Wildman–Crippen MR) is 103 cm³/mol. The molecule has 3 N–H and O–H groups in total. The molecule has 1 amide bonds. The van der Waals surface area contributed by atoms with E-state index in [9.17, 15) is 9.59 Å². The minimum absolute atomic E-state index is 0.0391. The molecule has 0 bridgehead atoms. The van der Waals surface area contributed by atoms with Crippen LogP contribution in [0.2, 0.25) is 0 Å². The van der Waals surface area contributed by atoms with E-state index in [1.54, 1.807) is 11.9 Å². The number of thiophene rings is 1. The first kappa shape index (κ1) is 19.6. The van der Waals surface area contributed by atoms with Crippen LogP contribution in [0.25, 0.3) is 10.2 Å². The molecule has 0 saturated carbocycles. The first-order valence-electron chi connectivity index (χ1n) is 8.69. The lowest BCUT2D eigenvalue weighted by molar-refractivity contribution is -0.130. The first-order valence-corrected chi connectivity index (χ1v) is 9.50. The van der Waals surface area contributed by atoms with Crippen molar-refractivity contribution in [2.24, 2.45) is 11.7 Å². The van der Waals surface area contributed by atoms with E-state index in [2.05, 4.69) is 23.8 Å². The molecule has 0 fully saturated rings. The smallest absolute Gasteiger partial charge is 0.259 e. The van der Waals surface area contributed by atoms with E-state index < -0.39 is 0 Å². The van der Waals surface area contributed by atoms with Crippen molar-refractivity contribution in [2.75, 3.05) is 13.6 Å². The predicted octanol–water partition coefficient (Wildman–Crippen LogP) is 2.37. The van der Waals surface area contributed by atoms with Crippen molar-refractivity contribution in [3.8, 4) is 0 Å². The number of nitrogens with two attached hydrogens (primary N) is 1. The summed E-state index contributed by atoms with van der Waals surface area (Å²) in [6.07, 6.45) is 1.54. The molecule has 2 aromatic rings. The van der Waals surface area contributed by atoms with Crippen molar-refractivity contribution in [1.82, 2.24) is 14.9 Å². The maximum Gasteiger partial charge on any atom is 0.259 e. The molecule has 2 rings (SSSR count). The summed E-state index contributed by atoms with van der Waals surface area (Å²) < 4.78 is 0. The highest BCUT2D eigenvalue weighted by atomic mass is 32.1. The van der Waals surface area contributed by atoms with Gasteiger partial charge >= 0.3 is 0 Å². The van der Waals surface area contributed by atoms with Gasteiger partial charge in [-0.05, 0) is 31.7 Å². The minimum atomic E-state index is -0.120. The van der Waals surface area contributed by atoms with Crippen molar-refractivity contribution in [3.63, 3.8) is 0 Å². The van der Waals surface area contributed by atoms with Gasteiger partial charge in [-0.25, -0.2) is 4.98 Å². The van der Waals surface area contributed by atoms with Crippen LogP contribution in [0.3, 0.4) is 0 Å². The number of amides is 1. The zero-order chi connectivity index (χ0) is 18.7. The van der Waals surface area contributed by atoms with E-state index >= 15 is 0 Å². The van der Waals surface area contributed by atoms with E-state index in [1.165, 1.54) is 11.3 Å². The van der Waals surface area contributed by atoms with E-state index in [-0.39, 0.29) is 17.5 Å². The second-order valence-corrected chi connectivity index (χ2v) is 8.19. The zero-order valence-corrected chi connectivity index (χ0v) is 16.5. The van der Waals surface area contributed by atoms with Crippen LogP contribution in [-0.2, 0) is 11.2 Å². The summed E-state index contributed by atoms with van der Waals surface area (Å²) in [5.74, 6) is 1.01. The molecule has 6 nitrogen and oxygen atoms in total. The van der Waals surface area contributed by atoms with E-state index in [0.29, 0.717) is 36.5 Å². The Morgan fingerprint density at radius 1 is 1.36 bits per heavy atom. The third-order valence-electron chi connectivity index (χ3n) is 4.74. The van der Waals surface area contributed by atoms with E-state index in [4.69, 9.17) is 5.73 Å². The average Bonchev–Trinajstić information content (AvgIpc) is 2.84. The molecule has 0 aromatic carbocycles. The summed E-state index contributed by atoms with van der Waals surface area (Å²) in [4.78, 5) is 35.4. The van der Waals surface area contributed by atoms with E-state index in [1.807, 2.05) is 13.8 Å². The third kappa shape index (κ3) is 4.67. The molecule has 0 aliphatic rings. The Kier molecular flexibility index (Phi) is 6.35. The van der Waals surface area contributed by atoms with Crippen molar-refractivity contribution < 1.29 is 4.79 Å². The topological polar surface area (TPSA) is 92.1 Å². The van der Waals surface area contributed by atoms with Crippen molar-refractivity contribution in [3.05, 3.63) is 26.6 Å². The number of aryl methyl sites for hydroxylation is 3. The SMILES string of the molecule is Cc1sc2nc(CCC(=O)N(C)CCC(N)C(C)C)[nH]c(=O)c2c1C. The van der Waals surface area contributed by atoms with Gasteiger partial charge in [-0.2, -0.15) is 0 Å². The molecule has 0 saturated heterocycles. The Hall–Kier alpha value is -1.73. The van der Waals surface area contributed by atoms with Crippen LogP contribution in [0.5, 0.6) is 0 Å². The molecular formula is C18H28N4O2S. The number of nitrogens with zero attached hydrogens (tertiary/aromatic N) is 2. The van der Waals surface area contributed by atoms with Gasteiger partial charge in [-0.1, -0.05) is 13.8 Å². The Balaban J connectivity index is 1.98. The highest BCUT2D eigenvalue weighted by Gasteiger charge is 2.15. The Morgan fingerprint density at radius 2 is 2.04 bits per heavy atom. The summed E-state index contributed by atoms with van der Waals surface area (Å²) in [7, 11) is 1.79. The van der Waals surface area contributed by atoms with Crippen LogP contribution in [0.15, 0.2) is 4.79 Å². The Morgan fingerprint density at radius 3 is 2.68 bits per heavy atom. The zero-order valence-electron chi connectivity index (χ0n) is 15.7. The van der Waals surface area contributed by atoms with E-state index in [0.717, 1.165) is 21.7 Å². The average molecular weight is 365 g/mol. The monoisotopic (exact) mass is 364 g/mol. The highest BCUT2D eigenvalue weighted by Crippen LogP contribution is 2.25. The fraction of sp³-hybridized carbons (Fsp3) is 0.611. The Labute approximate surface area is 152 Å². The minimum Gasteiger partial charge on any atom is -0.346 e. The van der Waals surface area contributed by atoms with Gasteiger partial charge in [0, 0.05) is 37.4 Å². The number of carbonyl (C=O) groups is 1. The number of aromatic amines is 1. The molecule has 2 heterocycles. The fourth-order valence-corrected chi connectivity index (χ4v) is 3.68. The van der Waals surface area contributed by atoms with Gasteiger partial charge in [0.1, 0.15) is 10.7 Å². The maximum absolute atomic E-state index is 12.3. The fourth-order valence-electron chi connectivity index (χ4n) is 2.63. The first-order chi connectivity index (χ1) is 11.7. The van der Waals surface area contributed by atoms with Gasteiger partial charge < -0.3 is 15.6 Å². The lowest BCUT2D eigenvalue weighted by Gasteiger charge is -2.21. The van der Waals surface area contributed by atoms with Gasteiger partial charge in [-0.3, -0.25) is 9.59 Å². The second kappa shape index (κ2) is 8.10. The molecule has 25 heavy (non-hydrogen) atoms. The number of nitrogens with one attached hydrogen (secondary N) is 1. The number of carbonyl (C=O) groups excluding carboxylic acids is 1. The number of H-pyrrole nitrogens is 1. The molecule has 0 aliphatic carbocycles. The van der Waals surface area contributed by atoms with Crippen molar-refractivity contribution in [1.29, 1.82) is 0 Å². The number of aromatic nitrogens is 2. The van der Waals surface area contributed by atoms with Crippen LogP contribution < -0.4 is 11.3 Å².